The van der Waals surface area contributed by atoms with E-state index in [1.807, 2.05) is 19.1 Å². The van der Waals surface area contributed by atoms with Crippen LogP contribution in [-0.4, -0.2) is 25.2 Å². The topological polar surface area (TPSA) is 38.3 Å². The van der Waals surface area contributed by atoms with Crippen LogP contribution in [0.1, 0.15) is 31.2 Å². The second-order valence-electron chi connectivity index (χ2n) is 4.83. The summed E-state index contributed by atoms with van der Waals surface area (Å²) in [5.74, 6) is 0.370. The SMILES string of the molecule is COC(=O)C(C)NC1CC(c2ccc(Cl)cc2)C1. The summed E-state index contributed by atoms with van der Waals surface area (Å²) in [6, 6.07) is 8.18. The number of halogens is 1. The highest BCUT2D eigenvalue weighted by molar-refractivity contribution is 6.30. The zero-order chi connectivity index (χ0) is 13.1. The molecule has 0 bridgehead atoms. The largest absolute Gasteiger partial charge is 0.468 e. The molecule has 1 saturated carbocycles. The number of rotatable bonds is 4. The van der Waals surface area contributed by atoms with Gasteiger partial charge < -0.3 is 10.1 Å². The molecule has 1 aromatic rings. The van der Waals surface area contributed by atoms with Crippen LogP contribution in [0.2, 0.25) is 5.02 Å². The lowest BCUT2D eigenvalue weighted by atomic mass is 9.75. The summed E-state index contributed by atoms with van der Waals surface area (Å²) in [6.45, 7) is 1.83. The van der Waals surface area contributed by atoms with Crippen LogP contribution >= 0.6 is 11.6 Å². The van der Waals surface area contributed by atoms with Crippen molar-refractivity contribution in [2.45, 2.75) is 37.8 Å². The van der Waals surface area contributed by atoms with Crippen molar-refractivity contribution >= 4 is 17.6 Å². The molecule has 3 nitrogen and oxygen atoms in total. The molecule has 0 amide bonds. The summed E-state index contributed by atoms with van der Waals surface area (Å²) in [4.78, 5) is 11.3. The molecule has 2 rings (SSSR count). The smallest absolute Gasteiger partial charge is 0.322 e. The fourth-order valence-electron chi connectivity index (χ4n) is 2.36. The Morgan fingerprint density at radius 3 is 2.56 bits per heavy atom. The van der Waals surface area contributed by atoms with Gasteiger partial charge in [-0.05, 0) is 43.4 Å². The van der Waals surface area contributed by atoms with Crippen LogP contribution < -0.4 is 5.32 Å². The van der Waals surface area contributed by atoms with Gasteiger partial charge in [-0.1, -0.05) is 23.7 Å². The summed E-state index contributed by atoms with van der Waals surface area (Å²) in [7, 11) is 1.41. The molecular weight excluding hydrogens is 250 g/mol. The maximum atomic E-state index is 11.3. The monoisotopic (exact) mass is 267 g/mol. The molecule has 4 heteroatoms. The summed E-state index contributed by atoms with van der Waals surface area (Å²) < 4.78 is 4.69. The van der Waals surface area contributed by atoms with E-state index in [9.17, 15) is 4.79 Å². The number of carbonyl (C=O) groups excluding carboxylic acids is 1. The van der Waals surface area contributed by atoms with Crippen LogP contribution in [-0.2, 0) is 9.53 Å². The first-order valence-corrected chi connectivity index (χ1v) is 6.57. The molecule has 1 aliphatic rings. The summed E-state index contributed by atoms with van der Waals surface area (Å²) in [5, 5.41) is 4.05. The number of carbonyl (C=O) groups is 1. The molecule has 1 unspecified atom stereocenters. The Balaban J connectivity index is 1.80. The zero-order valence-electron chi connectivity index (χ0n) is 10.7. The quantitative estimate of drug-likeness (QED) is 0.853. The van der Waals surface area contributed by atoms with Crippen LogP contribution in [0.15, 0.2) is 24.3 Å². The highest BCUT2D eigenvalue weighted by Gasteiger charge is 2.32. The Kier molecular flexibility index (Phi) is 4.25. The third kappa shape index (κ3) is 3.03. The number of hydrogen-bond donors (Lipinski definition) is 1. The number of ether oxygens (including phenoxy) is 1. The molecule has 0 radical (unpaired) electrons. The maximum absolute atomic E-state index is 11.3. The van der Waals surface area contributed by atoms with E-state index in [2.05, 4.69) is 17.4 Å². The van der Waals surface area contributed by atoms with Crippen molar-refractivity contribution in [1.29, 1.82) is 0 Å². The minimum Gasteiger partial charge on any atom is -0.468 e. The maximum Gasteiger partial charge on any atom is 0.322 e. The van der Waals surface area contributed by atoms with E-state index in [0.29, 0.717) is 12.0 Å². The van der Waals surface area contributed by atoms with Crippen LogP contribution in [0.25, 0.3) is 0 Å². The fourth-order valence-corrected chi connectivity index (χ4v) is 2.49. The molecule has 0 saturated heterocycles. The number of benzene rings is 1. The highest BCUT2D eigenvalue weighted by Crippen LogP contribution is 2.37. The second kappa shape index (κ2) is 5.72. The lowest BCUT2D eigenvalue weighted by Crippen LogP contribution is -2.47. The summed E-state index contributed by atoms with van der Waals surface area (Å²) in [5.41, 5.74) is 1.32. The molecule has 1 aliphatic carbocycles. The number of methoxy groups -OCH3 is 1. The van der Waals surface area contributed by atoms with Gasteiger partial charge in [0.25, 0.3) is 0 Å². The third-order valence-corrected chi connectivity index (χ3v) is 3.77. The molecule has 0 heterocycles. The molecule has 18 heavy (non-hydrogen) atoms. The van der Waals surface area contributed by atoms with E-state index in [4.69, 9.17) is 16.3 Å². The fraction of sp³-hybridized carbons (Fsp3) is 0.500. The van der Waals surface area contributed by atoms with Crippen LogP contribution in [0.5, 0.6) is 0 Å². The number of hydrogen-bond acceptors (Lipinski definition) is 3. The molecule has 1 atom stereocenters. The minimum atomic E-state index is -0.230. The first-order chi connectivity index (χ1) is 8.60. The lowest BCUT2D eigenvalue weighted by Gasteiger charge is -2.37. The molecule has 0 aliphatic heterocycles. The molecular formula is C14H18ClNO2. The van der Waals surface area contributed by atoms with E-state index in [0.717, 1.165) is 17.9 Å². The van der Waals surface area contributed by atoms with Gasteiger partial charge in [0.15, 0.2) is 0 Å². The van der Waals surface area contributed by atoms with Gasteiger partial charge in [-0.3, -0.25) is 4.79 Å². The van der Waals surface area contributed by atoms with Crippen molar-refractivity contribution in [3.8, 4) is 0 Å². The first-order valence-electron chi connectivity index (χ1n) is 6.19. The normalized spacial score (nSPS) is 24.2. The molecule has 0 spiro atoms. The van der Waals surface area contributed by atoms with Crippen molar-refractivity contribution in [3.05, 3.63) is 34.9 Å². The van der Waals surface area contributed by atoms with Crippen molar-refractivity contribution in [2.75, 3.05) is 7.11 Å². The Labute approximate surface area is 112 Å². The molecule has 1 aromatic carbocycles. The van der Waals surface area contributed by atoms with E-state index in [-0.39, 0.29) is 12.0 Å². The Morgan fingerprint density at radius 2 is 2.00 bits per heavy atom. The molecule has 1 N–H and O–H groups in total. The predicted molar refractivity (Wildman–Crippen MR) is 71.8 cm³/mol. The van der Waals surface area contributed by atoms with Gasteiger partial charge in [0.1, 0.15) is 6.04 Å². The third-order valence-electron chi connectivity index (χ3n) is 3.52. The Hall–Kier alpha value is -1.06. The van der Waals surface area contributed by atoms with Crippen molar-refractivity contribution < 1.29 is 9.53 Å². The van der Waals surface area contributed by atoms with Crippen LogP contribution in [0, 0.1) is 0 Å². The average Bonchev–Trinajstić information content (AvgIpc) is 2.33. The second-order valence-corrected chi connectivity index (χ2v) is 5.26. The van der Waals surface area contributed by atoms with E-state index < -0.39 is 0 Å². The highest BCUT2D eigenvalue weighted by atomic mass is 35.5. The van der Waals surface area contributed by atoms with Crippen LogP contribution in [0.3, 0.4) is 0 Å². The average molecular weight is 268 g/mol. The van der Waals surface area contributed by atoms with Crippen molar-refractivity contribution in [3.63, 3.8) is 0 Å². The van der Waals surface area contributed by atoms with Crippen molar-refractivity contribution in [1.82, 2.24) is 5.32 Å². The van der Waals surface area contributed by atoms with Gasteiger partial charge >= 0.3 is 5.97 Å². The Bertz CT molecular complexity index is 412. The van der Waals surface area contributed by atoms with E-state index >= 15 is 0 Å². The van der Waals surface area contributed by atoms with E-state index in [1.54, 1.807) is 0 Å². The van der Waals surface area contributed by atoms with Gasteiger partial charge in [0.05, 0.1) is 7.11 Å². The molecule has 1 fully saturated rings. The first kappa shape index (κ1) is 13.4. The van der Waals surface area contributed by atoms with Gasteiger partial charge in [-0.15, -0.1) is 0 Å². The van der Waals surface area contributed by atoms with E-state index in [1.165, 1.54) is 12.7 Å². The van der Waals surface area contributed by atoms with Gasteiger partial charge in [0, 0.05) is 11.1 Å². The Morgan fingerprint density at radius 1 is 1.39 bits per heavy atom. The summed E-state index contributed by atoms with van der Waals surface area (Å²) >= 11 is 5.86. The predicted octanol–water partition coefficient (Wildman–Crippen LogP) is 2.74. The van der Waals surface area contributed by atoms with Crippen molar-refractivity contribution in [2.24, 2.45) is 0 Å². The van der Waals surface area contributed by atoms with Gasteiger partial charge in [-0.2, -0.15) is 0 Å². The minimum absolute atomic E-state index is 0.204. The zero-order valence-corrected chi connectivity index (χ0v) is 11.4. The van der Waals surface area contributed by atoms with Crippen LogP contribution in [0.4, 0.5) is 0 Å². The van der Waals surface area contributed by atoms with Gasteiger partial charge in [0.2, 0.25) is 0 Å². The summed E-state index contributed by atoms with van der Waals surface area (Å²) in [6.07, 6.45) is 2.12. The number of nitrogens with one attached hydrogen (secondary N) is 1. The van der Waals surface area contributed by atoms with Gasteiger partial charge in [-0.25, -0.2) is 0 Å². The lowest BCUT2D eigenvalue weighted by molar-refractivity contribution is -0.143. The number of esters is 1. The molecule has 0 aromatic heterocycles. The molecule has 98 valence electrons. The standard InChI is InChI=1S/C14H18ClNO2/c1-9(14(17)18-2)16-13-7-11(8-13)10-3-5-12(15)6-4-10/h3-6,9,11,13,16H,7-8H2,1-2H3.